The molecule has 7 heavy (non-hydrogen) atoms. The van der Waals surface area contributed by atoms with Gasteiger partial charge >= 0.3 is 0 Å². The lowest BCUT2D eigenvalue weighted by atomic mass is 9.62. The average molecular weight is 96.0 g/mol. The van der Waals surface area contributed by atoms with Crippen LogP contribution in [0, 0.1) is 0 Å². The van der Waals surface area contributed by atoms with Crippen LogP contribution in [0.5, 0.6) is 0 Å². The van der Waals surface area contributed by atoms with Gasteiger partial charge < -0.3 is 0 Å². The van der Waals surface area contributed by atoms with Gasteiger partial charge in [-0.05, 0) is 0 Å². The largest absolute Gasteiger partial charge is 0.126 e. The van der Waals surface area contributed by atoms with Gasteiger partial charge in [0.25, 0.3) is 0 Å². The molecular weight excluding hydrogens is 82.9 g/mol. The molecule has 1 fully saturated rings. The molecule has 0 radical (unpaired) electrons. The second-order valence-electron chi connectivity index (χ2n) is 3.02. The third-order valence-electron chi connectivity index (χ3n) is 1.96. The minimum absolute atomic E-state index is 1.02. The Bertz CT molecular complexity index is 53.2. The second-order valence-corrected chi connectivity index (χ2v) is 3.02. The first kappa shape index (κ1) is 5.21. The van der Waals surface area contributed by atoms with E-state index < -0.39 is 0 Å². The molecule has 40 valence electrons. The van der Waals surface area contributed by atoms with Crippen molar-refractivity contribution in [3.05, 3.63) is 0 Å². The van der Waals surface area contributed by atoms with E-state index in [9.17, 15) is 0 Å². The zero-order valence-electron chi connectivity index (χ0n) is 5.28. The van der Waals surface area contributed by atoms with E-state index in [0.717, 1.165) is 11.6 Å². The molecular formula is C6H13B. The molecule has 0 N–H and O–H groups in total. The van der Waals surface area contributed by atoms with Crippen molar-refractivity contribution in [2.24, 2.45) is 0 Å². The molecule has 0 unspecified atom stereocenters. The molecule has 1 aliphatic rings. The Hall–Kier alpha value is 0.0649. The topological polar surface area (TPSA) is 0 Å². The van der Waals surface area contributed by atoms with Gasteiger partial charge in [0.1, 0.15) is 7.28 Å². The summed E-state index contributed by atoms with van der Waals surface area (Å²) in [6.45, 7) is 4.70. The fourth-order valence-corrected chi connectivity index (χ4v) is 1.49. The molecule has 0 aromatic rings. The van der Waals surface area contributed by atoms with E-state index in [0.29, 0.717) is 0 Å². The minimum atomic E-state index is 1.02. The monoisotopic (exact) mass is 96.1 g/mol. The number of hydrogen-bond acceptors (Lipinski definition) is 0. The highest BCUT2D eigenvalue weighted by atomic mass is 14.1. The highest BCUT2D eigenvalue weighted by molar-refractivity contribution is 6.40. The third kappa shape index (κ3) is 1.22. The lowest BCUT2D eigenvalue weighted by Gasteiger charge is -1.93. The summed E-state index contributed by atoms with van der Waals surface area (Å²) >= 11 is 0. The predicted octanol–water partition coefficient (Wildman–Crippen LogP) is 1.83. The van der Waals surface area contributed by atoms with E-state index in [1.165, 1.54) is 20.1 Å². The summed E-state index contributed by atoms with van der Waals surface area (Å²) in [6.07, 6.45) is 2.95. The summed E-state index contributed by atoms with van der Waals surface area (Å²) in [5.41, 5.74) is 0. The molecule has 0 saturated carbocycles. The van der Waals surface area contributed by atoms with Crippen molar-refractivity contribution < 1.29 is 0 Å². The summed E-state index contributed by atoms with van der Waals surface area (Å²) in [5, 5.41) is 0. The molecule has 1 aliphatic heterocycles. The molecule has 0 amide bonds. The van der Waals surface area contributed by atoms with Crippen molar-refractivity contribution in [1.82, 2.24) is 0 Å². The Balaban J connectivity index is 2.26. The van der Waals surface area contributed by atoms with Crippen molar-refractivity contribution in [1.29, 1.82) is 0 Å². The number of hydrogen-bond donors (Lipinski definition) is 0. The standard InChI is InChI=1S/C6H13B/c1-5-3-4-6(2)7-5/h5-7H,3-4H2,1-2H3/t5-,6-/m0/s1. The molecule has 1 heterocycles. The quantitative estimate of drug-likeness (QED) is 0.403. The maximum Gasteiger partial charge on any atom is 0.126 e. The number of rotatable bonds is 0. The van der Waals surface area contributed by atoms with Gasteiger partial charge in [0, 0.05) is 0 Å². The van der Waals surface area contributed by atoms with Gasteiger partial charge in [-0.2, -0.15) is 0 Å². The summed E-state index contributed by atoms with van der Waals surface area (Å²) in [6, 6.07) is 0. The summed E-state index contributed by atoms with van der Waals surface area (Å²) in [7, 11) is 1.47. The van der Waals surface area contributed by atoms with Crippen molar-refractivity contribution in [2.75, 3.05) is 0 Å². The normalized spacial score (nSPS) is 40.9. The maximum absolute atomic E-state index is 2.35. The van der Waals surface area contributed by atoms with Crippen LogP contribution in [0.15, 0.2) is 0 Å². The van der Waals surface area contributed by atoms with Gasteiger partial charge in [0.2, 0.25) is 0 Å². The molecule has 0 aromatic carbocycles. The average Bonchev–Trinajstić information content (AvgIpc) is 1.87. The molecule has 0 aromatic heterocycles. The Labute approximate surface area is 46.5 Å². The van der Waals surface area contributed by atoms with E-state index >= 15 is 0 Å². The van der Waals surface area contributed by atoms with E-state index in [4.69, 9.17) is 0 Å². The van der Waals surface area contributed by atoms with Crippen LogP contribution in [0.4, 0.5) is 0 Å². The molecule has 1 heteroatoms. The first-order chi connectivity index (χ1) is 3.29. The van der Waals surface area contributed by atoms with Crippen LogP contribution in [-0.4, -0.2) is 7.28 Å². The van der Waals surface area contributed by atoms with E-state index in [2.05, 4.69) is 13.8 Å². The molecule has 1 rings (SSSR count). The van der Waals surface area contributed by atoms with Crippen molar-refractivity contribution >= 4 is 7.28 Å². The van der Waals surface area contributed by atoms with Crippen LogP contribution in [0.2, 0.25) is 11.6 Å². The zero-order valence-corrected chi connectivity index (χ0v) is 5.28. The molecule has 1 saturated heterocycles. The van der Waals surface area contributed by atoms with E-state index in [1.54, 1.807) is 0 Å². The smallest absolute Gasteiger partial charge is 0.0694 e. The lowest BCUT2D eigenvalue weighted by molar-refractivity contribution is 0.765. The molecule has 2 atom stereocenters. The Morgan fingerprint density at radius 2 is 1.57 bits per heavy atom. The van der Waals surface area contributed by atoms with Crippen LogP contribution in [0.3, 0.4) is 0 Å². The van der Waals surface area contributed by atoms with Crippen LogP contribution < -0.4 is 0 Å². The first-order valence-corrected chi connectivity index (χ1v) is 3.29. The summed E-state index contributed by atoms with van der Waals surface area (Å²) < 4.78 is 0. The van der Waals surface area contributed by atoms with Crippen molar-refractivity contribution in [2.45, 2.75) is 38.3 Å². The summed E-state index contributed by atoms with van der Waals surface area (Å²) in [4.78, 5) is 0. The third-order valence-corrected chi connectivity index (χ3v) is 1.96. The zero-order chi connectivity index (χ0) is 5.28. The fourth-order valence-electron chi connectivity index (χ4n) is 1.49. The van der Waals surface area contributed by atoms with Crippen LogP contribution in [0.1, 0.15) is 26.7 Å². The lowest BCUT2D eigenvalue weighted by Crippen LogP contribution is -1.91. The summed E-state index contributed by atoms with van der Waals surface area (Å²) in [5.74, 6) is 2.05. The van der Waals surface area contributed by atoms with Gasteiger partial charge in [0.15, 0.2) is 0 Å². The highest BCUT2D eigenvalue weighted by Gasteiger charge is 2.17. The fraction of sp³-hybridized carbons (Fsp3) is 1.00. The Morgan fingerprint density at radius 3 is 1.71 bits per heavy atom. The predicted molar refractivity (Wildman–Crippen MR) is 35.2 cm³/mol. The Morgan fingerprint density at radius 1 is 1.14 bits per heavy atom. The van der Waals surface area contributed by atoms with Gasteiger partial charge in [-0.15, -0.1) is 0 Å². The van der Waals surface area contributed by atoms with Crippen molar-refractivity contribution in [3.8, 4) is 0 Å². The minimum Gasteiger partial charge on any atom is -0.0694 e. The molecule has 0 nitrogen and oxygen atoms in total. The molecule has 0 bridgehead atoms. The Kier molecular flexibility index (Phi) is 1.41. The van der Waals surface area contributed by atoms with E-state index in [-0.39, 0.29) is 0 Å². The molecule has 0 spiro atoms. The SMILES string of the molecule is C[C@@H]1B[C@@H](C)CC1. The van der Waals surface area contributed by atoms with Gasteiger partial charge in [0.05, 0.1) is 0 Å². The van der Waals surface area contributed by atoms with Crippen LogP contribution in [-0.2, 0) is 0 Å². The van der Waals surface area contributed by atoms with Gasteiger partial charge in [-0.25, -0.2) is 0 Å². The van der Waals surface area contributed by atoms with Crippen LogP contribution >= 0.6 is 0 Å². The maximum atomic E-state index is 2.35. The van der Waals surface area contributed by atoms with Gasteiger partial charge in [-0.1, -0.05) is 38.3 Å². The van der Waals surface area contributed by atoms with Crippen LogP contribution in [0.25, 0.3) is 0 Å². The second kappa shape index (κ2) is 1.89. The highest BCUT2D eigenvalue weighted by Crippen LogP contribution is 2.30. The molecule has 0 aliphatic carbocycles. The first-order valence-electron chi connectivity index (χ1n) is 3.29. The van der Waals surface area contributed by atoms with E-state index in [1.807, 2.05) is 0 Å². The van der Waals surface area contributed by atoms with Gasteiger partial charge in [-0.3, -0.25) is 0 Å². The van der Waals surface area contributed by atoms with Crippen molar-refractivity contribution in [3.63, 3.8) is 0 Å².